The summed E-state index contributed by atoms with van der Waals surface area (Å²) in [5.74, 6) is 0.141. The van der Waals surface area contributed by atoms with Crippen molar-refractivity contribution in [1.82, 2.24) is 14.5 Å². The van der Waals surface area contributed by atoms with E-state index in [1.165, 1.54) is 17.1 Å². The molecule has 4 atom stereocenters. The zero-order valence-electron chi connectivity index (χ0n) is 10.8. The molecular weight excluding hydrogens is 278 g/mol. The minimum absolute atomic E-state index is 0.141. The van der Waals surface area contributed by atoms with Gasteiger partial charge < -0.3 is 30.4 Å². The molecule has 2 aromatic heterocycles. The maximum Gasteiger partial charge on any atom is 0.164 e. The highest BCUT2D eigenvalue weighted by Gasteiger charge is 2.44. The standard InChI is InChI=1S/C12H13N5O4/c13-1-5-2-17(11-7(5)10(14)15-4-16-11)12-9(20)8(19)6(3-18)21-12/h2,4,6,8-9,12,18-20H,3H2,(H2,14,15,16)/t6?,8?,9-,12-/m1/s1. The minimum atomic E-state index is -1.26. The second-order valence-electron chi connectivity index (χ2n) is 4.75. The fourth-order valence-corrected chi connectivity index (χ4v) is 2.50. The number of hydrogen-bond acceptors (Lipinski definition) is 8. The SMILES string of the molecule is N#Cc1cn([C@@H]2OC(CO)C(O)[C@H]2O)c2ncnc(N)c12. The molecule has 5 N–H and O–H groups in total. The number of aliphatic hydroxyl groups excluding tert-OH is 3. The quantitative estimate of drug-likeness (QED) is 0.521. The molecule has 0 amide bonds. The van der Waals surface area contributed by atoms with Gasteiger partial charge in [-0.15, -0.1) is 0 Å². The van der Waals surface area contributed by atoms with Gasteiger partial charge in [-0.25, -0.2) is 9.97 Å². The molecule has 9 nitrogen and oxygen atoms in total. The van der Waals surface area contributed by atoms with Crippen LogP contribution in [0.3, 0.4) is 0 Å². The second kappa shape index (κ2) is 4.94. The van der Waals surface area contributed by atoms with Crippen molar-refractivity contribution in [2.45, 2.75) is 24.5 Å². The van der Waals surface area contributed by atoms with Crippen molar-refractivity contribution in [3.63, 3.8) is 0 Å². The Balaban J connectivity index is 2.14. The number of aromatic nitrogens is 3. The Kier molecular flexibility index (Phi) is 3.23. The lowest BCUT2D eigenvalue weighted by atomic mass is 10.1. The maximum absolute atomic E-state index is 10.1. The number of aliphatic hydroxyl groups is 3. The highest BCUT2D eigenvalue weighted by molar-refractivity contribution is 5.91. The van der Waals surface area contributed by atoms with Crippen LogP contribution in [0, 0.1) is 11.3 Å². The van der Waals surface area contributed by atoms with Crippen LogP contribution in [0.1, 0.15) is 11.8 Å². The molecule has 0 spiro atoms. The molecule has 0 radical (unpaired) electrons. The molecule has 0 saturated carbocycles. The molecule has 1 aliphatic heterocycles. The Labute approximate surface area is 118 Å². The van der Waals surface area contributed by atoms with E-state index in [1.54, 1.807) is 0 Å². The van der Waals surface area contributed by atoms with Crippen LogP contribution in [0.15, 0.2) is 12.5 Å². The van der Waals surface area contributed by atoms with Crippen molar-refractivity contribution in [3.05, 3.63) is 18.1 Å². The summed E-state index contributed by atoms with van der Waals surface area (Å²) in [4.78, 5) is 7.88. The van der Waals surface area contributed by atoms with E-state index in [1.807, 2.05) is 6.07 Å². The molecule has 0 bridgehead atoms. The number of nitrogens with two attached hydrogens (primary N) is 1. The van der Waals surface area contributed by atoms with E-state index < -0.39 is 31.1 Å². The smallest absolute Gasteiger partial charge is 0.164 e. The third-order valence-corrected chi connectivity index (χ3v) is 3.55. The minimum Gasteiger partial charge on any atom is -0.394 e. The van der Waals surface area contributed by atoms with Gasteiger partial charge in [0.15, 0.2) is 6.23 Å². The summed E-state index contributed by atoms with van der Waals surface area (Å²) in [5.41, 5.74) is 6.30. The number of hydrogen-bond donors (Lipinski definition) is 4. The van der Waals surface area contributed by atoms with Gasteiger partial charge in [-0.1, -0.05) is 0 Å². The normalized spacial score (nSPS) is 28.9. The molecule has 3 rings (SSSR count). The van der Waals surface area contributed by atoms with Crippen LogP contribution in [0.4, 0.5) is 5.82 Å². The summed E-state index contributed by atoms with van der Waals surface area (Å²) < 4.78 is 6.84. The first-order chi connectivity index (χ1) is 10.1. The summed E-state index contributed by atoms with van der Waals surface area (Å²) in [5, 5.41) is 38.5. The lowest BCUT2D eigenvalue weighted by molar-refractivity contribution is -0.0508. The third kappa shape index (κ3) is 1.93. The van der Waals surface area contributed by atoms with E-state index in [-0.39, 0.29) is 11.4 Å². The molecule has 110 valence electrons. The monoisotopic (exact) mass is 291 g/mol. The van der Waals surface area contributed by atoms with Gasteiger partial charge in [0.05, 0.1) is 17.6 Å². The van der Waals surface area contributed by atoms with Gasteiger partial charge in [-0.3, -0.25) is 0 Å². The van der Waals surface area contributed by atoms with Crippen LogP contribution in [0.25, 0.3) is 11.0 Å². The molecule has 0 aliphatic carbocycles. The summed E-state index contributed by atoms with van der Waals surface area (Å²) in [7, 11) is 0. The number of anilines is 1. The highest BCUT2D eigenvalue weighted by Crippen LogP contribution is 2.34. The average Bonchev–Trinajstić information content (AvgIpc) is 2.99. The van der Waals surface area contributed by atoms with E-state index in [2.05, 4.69) is 9.97 Å². The van der Waals surface area contributed by atoms with Crippen molar-refractivity contribution in [3.8, 4) is 6.07 Å². The number of nitrogen functional groups attached to an aromatic ring is 1. The number of ether oxygens (including phenoxy) is 1. The lowest BCUT2D eigenvalue weighted by Gasteiger charge is -2.17. The number of fused-ring (bicyclic) bond motifs is 1. The third-order valence-electron chi connectivity index (χ3n) is 3.55. The molecule has 0 aromatic carbocycles. The highest BCUT2D eigenvalue weighted by atomic mass is 16.6. The van der Waals surface area contributed by atoms with Crippen molar-refractivity contribution in [2.75, 3.05) is 12.3 Å². The second-order valence-corrected chi connectivity index (χ2v) is 4.75. The fourth-order valence-electron chi connectivity index (χ4n) is 2.50. The van der Waals surface area contributed by atoms with E-state index in [0.29, 0.717) is 11.0 Å². The number of rotatable bonds is 2. The Morgan fingerprint density at radius 2 is 2.14 bits per heavy atom. The van der Waals surface area contributed by atoms with E-state index in [4.69, 9.17) is 20.8 Å². The van der Waals surface area contributed by atoms with Crippen LogP contribution >= 0.6 is 0 Å². The zero-order valence-corrected chi connectivity index (χ0v) is 10.8. The lowest BCUT2D eigenvalue weighted by Crippen LogP contribution is -2.33. The number of nitriles is 1. The molecule has 1 fully saturated rings. The van der Waals surface area contributed by atoms with E-state index in [0.717, 1.165) is 0 Å². The maximum atomic E-state index is 10.1. The van der Waals surface area contributed by atoms with Crippen molar-refractivity contribution in [2.24, 2.45) is 0 Å². The molecule has 1 aliphatic rings. The molecular formula is C12H13N5O4. The van der Waals surface area contributed by atoms with Crippen molar-refractivity contribution >= 4 is 16.9 Å². The van der Waals surface area contributed by atoms with Gasteiger partial charge in [0.2, 0.25) is 0 Å². The van der Waals surface area contributed by atoms with E-state index in [9.17, 15) is 10.2 Å². The summed E-state index contributed by atoms with van der Waals surface area (Å²) >= 11 is 0. The number of nitrogens with zero attached hydrogens (tertiary/aromatic N) is 4. The molecule has 1 saturated heterocycles. The average molecular weight is 291 g/mol. The van der Waals surface area contributed by atoms with Gasteiger partial charge in [0.1, 0.15) is 42.2 Å². The van der Waals surface area contributed by atoms with Gasteiger partial charge in [0, 0.05) is 6.20 Å². The first-order valence-electron chi connectivity index (χ1n) is 6.22. The Morgan fingerprint density at radius 1 is 1.38 bits per heavy atom. The Bertz CT molecular complexity index is 724. The van der Waals surface area contributed by atoms with E-state index >= 15 is 0 Å². The van der Waals surface area contributed by atoms with Crippen LogP contribution in [-0.2, 0) is 4.74 Å². The topological polar surface area (TPSA) is 150 Å². The molecule has 21 heavy (non-hydrogen) atoms. The Hall–Kier alpha value is -2.25. The van der Waals surface area contributed by atoms with Crippen LogP contribution < -0.4 is 5.73 Å². The first-order valence-corrected chi connectivity index (χ1v) is 6.22. The summed E-state index contributed by atoms with van der Waals surface area (Å²) in [6.45, 7) is -0.434. The van der Waals surface area contributed by atoms with Gasteiger partial charge in [-0.05, 0) is 0 Å². The molecule has 2 aromatic rings. The molecule has 3 heterocycles. The van der Waals surface area contributed by atoms with Gasteiger partial charge in [-0.2, -0.15) is 5.26 Å². The van der Waals surface area contributed by atoms with Gasteiger partial charge >= 0.3 is 0 Å². The van der Waals surface area contributed by atoms with Crippen LogP contribution in [0.5, 0.6) is 0 Å². The fraction of sp³-hybridized carbons (Fsp3) is 0.417. The summed E-state index contributed by atoms with van der Waals surface area (Å²) in [6.07, 6.45) is -1.72. The zero-order chi connectivity index (χ0) is 15.1. The molecule has 2 unspecified atom stereocenters. The van der Waals surface area contributed by atoms with Crippen molar-refractivity contribution in [1.29, 1.82) is 5.26 Å². The summed E-state index contributed by atoms with van der Waals surface area (Å²) in [6, 6.07) is 1.98. The predicted molar refractivity (Wildman–Crippen MR) is 69.7 cm³/mol. The largest absolute Gasteiger partial charge is 0.394 e. The van der Waals surface area contributed by atoms with Crippen molar-refractivity contribution < 1.29 is 20.1 Å². The van der Waals surface area contributed by atoms with Crippen LogP contribution in [0.2, 0.25) is 0 Å². The molecule has 9 heteroatoms. The van der Waals surface area contributed by atoms with Crippen LogP contribution in [-0.4, -0.2) is 54.8 Å². The predicted octanol–water partition coefficient (Wildman–Crippen LogP) is -1.50. The Morgan fingerprint density at radius 3 is 2.76 bits per heavy atom. The van der Waals surface area contributed by atoms with Gasteiger partial charge in [0.25, 0.3) is 0 Å². The first kappa shape index (κ1) is 13.7.